The normalized spacial score (nSPS) is 5.71. The highest BCUT2D eigenvalue weighted by Crippen LogP contribution is 1.77. The van der Waals surface area contributed by atoms with Gasteiger partial charge in [0.1, 0.15) is 0 Å². The fourth-order valence-electron chi connectivity index (χ4n) is 0.226. The summed E-state index contributed by atoms with van der Waals surface area (Å²) >= 11 is 0. The van der Waals surface area contributed by atoms with Crippen LogP contribution in [0.3, 0.4) is 0 Å². The van der Waals surface area contributed by atoms with Crippen LogP contribution in [0.5, 0.6) is 0 Å². The SMILES string of the molecule is C=C=CCC=C=C. The summed E-state index contributed by atoms with van der Waals surface area (Å²) in [5.41, 5.74) is 5.26. The second kappa shape index (κ2) is 5.04. The average Bonchev–Trinajstić information content (AvgIpc) is 1.69. The Morgan fingerprint density at radius 1 is 1.14 bits per heavy atom. The average molecular weight is 92.1 g/mol. The van der Waals surface area contributed by atoms with Crippen molar-refractivity contribution < 1.29 is 0 Å². The fraction of sp³-hybridized carbons (Fsp3) is 0.143. The molecule has 0 aromatic carbocycles. The van der Waals surface area contributed by atoms with Gasteiger partial charge >= 0.3 is 0 Å². The third-order valence-corrected chi connectivity index (χ3v) is 0.524. The van der Waals surface area contributed by atoms with Crippen LogP contribution in [0.25, 0.3) is 0 Å². The molecular weight excluding hydrogens is 84.1 g/mol. The van der Waals surface area contributed by atoms with Crippen molar-refractivity contribution in [3.05, 3.63) is 36.8 Å². The van der Waals surface area contributed by atoms with Gasteiger partial charge in [-0.1, -0.05) is 13.2 Å². The zero-order valence-electron chi connectivity index (χ0n) is 4.28. The van der Waals surface area contributed by atoms with E-state index >= 15 is 0 Å². The van der Waals surface area contributed by atoms with Gasteiger partial charge in [0.15, 0.2) is 0 Å². The third-order valence-electron chi connectivity index (χ3n) is 0.524. The number of allylic oxidation sites excluding steroid dienone is 2. The molecular formula is C7H8. The van der Waals surface area contributed by atoms with Gasteiger partial charge in [0.2, 0.25) is 0 Å². The molecule has 0 heterocycles. The lowest BCUT2D eigenvalue weighted by Gasteiger charge is -1.66. The number of hydrogen-bond donors (Lipinski definition) is 0. The Kier molecular flexibility index (Phi) is 4.35. The molecule has 0 aliphatic heterocycles. The van der Waals surface area contributed by atoms with E-state index < -0.39 is 0 Å². The second-order valence-electron chi connectivity index (χ2n) is 1.05. The van der Waals surface area contributed by atoms with Gasteiger partial charge in [-0.3, -0.25) is 0 Å². The summed E-state index contributed by atoms with van der Waals surface area (Å²) in [6.07, 6.45) is 4.48. The van der Waals surface area contributed by atoms with E-state index in [0.29, 0.717) is 0 Å². The zero-order valence-corrected chi connectivity index (χ0v) is 4.28. The summed E-state index contributed by atoms with van der Waals surface area (Å²) in [6, 6.07) is 0. The molecule has 0 rings (SSSR count). The van der Waals surface area contributed by atoms with Crippen LogP contribution in [-0.4, -0.2) is 0 Å². The van der Waals surface area contributed by atoms with E-state index in [1.807, 2.05) is 12.2 Å². The molecule has 0 aromatic heterocycles. The molecule has 0 aliphatic carbocycles. The Bertz CT molecular complexity index is 103. The third kappa shape index (κ3) is 5.04. The van der Waals surface area contributed by atoms with Crippen LogP contribution in [-0.2, 0) is 0 Å². The van der Waals surface area contributed by atoms with E-state index in [1.54, 1.807) is 0 Å². The first-order valence-electron chi connectivity index (χ1n) is 2.10. The molecule has 0 N–H and O–H groups in total. The highest BCUT2D eigenvalue weighted by molar-refractivity contribution is 4.87. The summed E-state index contributed by atoms with van der Waals surface area (Å²) in [5, 5.41) is 0. The standard InChI is InChI=1S/C7H8/c1-3-5-7-6-4-2/h5-6H,1-2,7H2. The van der Waals surface area contributed by atoms with Gasteiger partial charge in [0.25, 0.3) is 0 Å². The van der Waals surface area contributed by atoms with Crippen molar-refractivity contribution in [2.24, 2.45) is 0 Å². The Hall–Kier alpha value is -0.960. The minimum Gasteiger partial charge on any atom is -0.133 e. The monoisotopic (exact) mass is 92.1 g/mol. The summed E-state index contributed by atoms with van der Waals surface area (Å²) in [7, 11) is 0. The van der Waals surface area contributed by atoms with Crippen LogP contribution in [0.4, 0.5) is 0 Å². The Labute approximate surface area is 44.2 Å². The summed E-state index contributed by atoms with van der Waals surface area (Å²) in [4.78, 5) is 0. The van der Waals surface area contributed by atoms with E-state index in [9.17, 15) is 0 Å². The molecule has 0 saturated heterocycles. The van der Waals surface area contributed by atoms with E-state index in [4.69, 9.17) is 0 Å². The maximum Gasteiger partial charge on any atom is -0.00172 e. The van der Waals surface area contributed by atoms with E-state index in [-0.39, 0.29) is 0 Å². The molecule has 0 heteroatoms. The second-order valence-corrected chi connectivity index (χ2v) is 1.05. The van der Waals surface area contributed by atoms with Gasteiger partial charge in [-0.05, 0) is 18.6 Å². The van der Waals surface area contributed by atoms with Gasteiger partial charge in [0, 0.05) is 0 Å². The molecule has 0 aliphatic rings. The molecule has 0 bridgehead atoms. The van der Waals surface area contributed by atoms with Crippen molar-refractivity contribution in [3.8, 4) is 0 Å². The molecule has 0 atom stereocenters. The van der Waals surface area contributed by atoms with Crippen LogP contribution < -0.4 is 0 Å². The lowest BCUT2D eigenvalue weighted by atomic mass is 10.4. The lowest BCUT2D eigenvalue weighted by molar-refractivity contribution is 1.41. The molecule has 36 valence electrons. The molecule has 0 fully saturated rings. The minimum atomic E-state index is 0.840. The van der Waals surface area contributed by atoms with Gasteiger partial charge in [-0.15, -0.1) is 11.5 Å². The zero-order chi connectivity index (χ0) is 5.54. The first-order valence-corrected chi connectivity index (χ1v) is 2.10. The van der Waals surface area contributed by atoms with Crippen molar-refractivity contribution in [3.63, 3.8) is 0 Å². The Balaban J connectivity index is 3.33. The van der Waals surface area contributed by atoms with E-state index in [1.165, 1.54) is 0 Å². The predicted molar refractivity (Wildman–Crippen MR) is 32.0 cm³/mol. The fourth-order valence-corrected chi connectivity index (χ4v) is 0.226. The van der Waals surface area contributed by atoms with Crippen molar-refractivity contribution in [2.75, 3.05) is 0 Å². The number of rotatable bonds is 2. The maximum atomic E-state index is 3.38. The molecule has 0 spiro atoms. The Morgan fingerprint density at radius 2 is 1.57 bits per heavy atom. The van der Waals surface area contributed by atoms with E-state index in [2.05, 4.69) is 24.6 Å². The van der Waals surface area contributed by atoms with E-state index in [0.717, 1.165) is 6.42 Å². The minimum absolute atomic E-state index is 0.840. The van der Waals surface area contributed by atoms with Gasteiger partial charge in [-0.2, -0.15) is 0 Å². The molecule has 0 unspecified atom stereocenters. The topological polar surface area (TPSA) is 0 Å². The quantitative estimate of drug-likeness (QED) is 0.457. The smallest absolute Gasteiger partial charge is 0.00172 e. The van der Waals surface area contributed by atoms with Crippen LogP contribution in [0.2, 0.25) is 0 Å². The van der Waals surface area contributed by atoms with Crippen LogP contribution >= 0.6 is 0 Å². The summed E-state index contributed by atoms with van der Waals surface area (Å²) < 4.78 is 0. The van der Waals surface area contributed by atoms with Crippen molar-refractivity contribution in [1.82, 2.24) is 0 Å². The van der Waals surface area contributed by atoms with Gasteiger partial charge in [0.05, 0.1) is 0 Å². The van der Waals surface area contributed by atoms with Gasteiger partial charge in [-0.25, -0.2) is 0 Å². The van der Waals surface area contributed by atoms with Crippen LogP contribution in [0, 0.1) is 0 Å². The molecule has 0 radical (unpaired) electrons. The largest absolute Gasteiger partial charge is 0.133 e. The molecule has 0 amide bonds. The first-order chi connectivity index (χ1) is 3.41. The molecule has 0 nitrogen and oxygen atoms in total. The lowest BCUT2D eigenvalue weighted by Crippen LogP contribution is -1.47. The van der Waals surface area contributed by atoms with Crippen LogP contribution in [0.15, 0.2) is 36.8 Å². The maximum absolute atomic E-state index is 3.38. The molecule has 0 saturated carbocycles. The number of hydrogen-bond acceptors (Lipinski definition) is 0. The van der Waals surface area contributed by atoms with Crippen LogP contribution in [0.1, 0.15) is 6.42 Å². The van der Waals surface area contributed by atoms with Crippen molar-refractivity contribution >= 4 is 0 Å². The summed E-state index contributed by atoms with van der Waals surface area (Å²) in [6.45, 7) is 6.77. The highest BCUT2D eigenvalue weighted by Gasteiger charge is 1.58. The molecule has 7 heavy (non-hydrogen) atoms. The van der Waals surface area contributed by atoms with Crippen molar-refractivity contribution in [2.45, 2.75) is 6.42 Å². The van der Waals surface area contributed by atoms with Crippen molar-refractivity contribution in [1.29, 1.82) is 0 Å². The first kappa shape index (κ1) is 6.04. The summed E-state index contributed by atoms with van der Waals surface area (Å²) in [5.74, 6) is 0. The predicted octanol–water partition coefficient (Wildman–Crippen LogP) is 2.06. The Morgan fingerprint density at radius 3 is 1.86 bits per heavy atom. The van der Waals surface area contributed by atoms with Gasteiger partial charge < -0.3 is 0 Å². The molecule has 0 aromatic rings. The highest BCUT2D eigenvalue weighted by atomic mass is 13.6.